The monoisotopic (exact) mass is 447 g/mol. The summed E-state index contributed by atoms with van der Waals surface area (Å²) in [6.45, 7) is 12.0. The maximum absolute atomic E-state index is 11.6. The van der Waals surface area contributed by atoms with Crippen molar-refractivity contribution in [2.75, 3.05) is 13.2 Å². The fourth-order valence-corrected chi connectivity index (χ4v) is 3.94. The minimum absolute atomic E-state index is 0.0571. The summed E-state index contributed by atoms with van der Waals surface area (Å²) in [4.78, 5) is 16.5. The van der Waals surface area contributed by atoms with Gasteiger partial charge in [0.2, 0.25) is 5.91 Å². The molecule has 1 heterocycles. The quantitative estimate of drug-likeness (QED) is 0.261. The van der Waals surface area contributed by atoms with Crippen molar-refractivity contribution >= 4 is 16.9 Å². The lowest BCUT2D eigenvalue weighted by Gasteiger charge is -2.12. The lowest BCUT2D eigenvalue weighted by atomic mass is 10.1. The van der Waals surface area contributed by atoms with Crippen LogP contribution >= 0.6 is 0 Å². The van der Waals surface area contributed by atoms with Crippen molar-refractivity contribution in [3.63, 3.8) is 0 Å². The molecular formula is C28H37N3O2. The van der Waals surface area contributed by atoms with Crippen LogP contribution in [0.2, 0.25) is 0 Å². The largest absolute Gasteiger partial charge is 0.493 e. The summed E-state index contributed by atoms with van der Waals surface area (Å²) in [5.74, 6) is 2.08. The normalized spacial score (nSPS) is 11.0. The van der Waals surface area contributed by atoms with Crippen LogP contribution in [0.4, 0.5) is 0 Å². The van der Waals surface area contributed by atoms with E-state index in [0.717, 1.165) is 68.8 Å². The van der Waals surface area contributed by atoms with E-state index in [1.165, 1.54) is 16.6 Å². The number of para-hydroxylation sites is 2. The van der Waals surface area contributed by atoms with Crippen LogP contribution in [-0.2, 0) is 17.8 Å². The predicted octanol–water partition coefficient (Wildman–Crippen LogP) is 5.92. The van der Waals surface area contributed by atoms with Gasteiger partial charge >= 0.3 is 0 Å². The van der Waals surface area contributed by atoms with Gasteiger partial charge in [0.05, 0.1) is 17.6 Å². The third kappa shape index (κ3) is 6.95. The highest BCUT2D eigenvalue weighted by Crippen LogP contribution is 2.21. The average molecular weight is 448 g/mol. The number of rotatable bonds is 13. The molecule has 0 spiro atoms. The van der Waals surface area contributed by atoms with Crippen LogP contribution < -0.4 is 10.1 Å². The van der Waals surface area contributed by atoms with Gasteiger partial charge in [-0.2, -0.15) is 0 Å². The van der Waals surface area contributed by atoms with Gasteiger partial charge in [-0.3, -0.25) is 4.79 Å². The number of carbonyl (C=O) groups excluding carboxylic acids is 1. The van der Waals surface area contributed by atoms with E-state index in [1.54, 1.807) is 6.92 Å². The third-order valence-electron chi connectivity index (χ3n) is 6.07. The van der Waals surface area contributed by atoms with Crippen LogP contribution in [0.15, 0.2) is 54.6 Å². The van der Waals surface area contributed by atoms with Gasteiger partial charge in [-0.05, 0) is 75.8 Å². The third-order valence-corrected chi connectivity index (χ3v) is 6.07. The summed E-state index contributed by atoms with van der Waals surface area (Å²) in [6.07, 6.45) is 6.08. The Hall–Kier alpha value is -3.08. The molecule has 1 amide bonds. The Balaban J connectivity index is 1.48. The number of hydrogen-bond acceptors (Lipinski definition) is 3. The highest BCUT2D eigenvalue weighted by atomic mass is 16.5. The average Bonchev–Trinajstić information content (AvgIpc) is 3.15. The second-order valence-electron chi connectivity index (χ2n) is 8.77. The number of ether oxygens (including phenoxy) is 1. The molecule has 0 aliphatic heterocycles. The molecule has 0 bridgehead atoms. The van der Waals surface area contributed by atoms with Crippen LogP contribution in [0.3, 0.4) is 0 Å². The van der Waals surface area contributed by atoms with E-state index < -0.39 is 0 Å². The molecule has 0 unspecified atom stereocenters. The molecule has 0 aliphatic rings. The smallest absolute Gasteiger partial charge is 0.246 e. The molecule has 176 valence electrons. The predicted molar refractivity (Wildman–Crippen MR) is 136 cm³/mol. The molecule has 2 aromatic carbocycles. The van der Waals surface area contributed by atoms with Crippen LogP contribution in [0.5, 0.6) is 5.75 Å². The lowest BCUT2D eigenvalue weighted by molar-refractivity contribution is -0.117. The molecule has 0 fully saturated rings. The maximum atomic E-state index is 11.6. The second kappa shape index (κ2) is 12.2. The number of nitrogens with one attached hydrogen (secondary N) is 1. The molecule has 0 radical (unpaired) electrons. The number of aryl methyl sites for hydroxylation is 3. The molecule has 0 saturated heterocycles. The molecule has 3 aromatic rings. The summed E-state index contributed by atoms with van der Waals surface area (Å²) in [6, 6.07) is 14.6. The van der Waals surface area contributed by atoms with E-state index in [0.29, 0.717) is 12.1 Å². The minimum atomic E-state index is -0.0571. The minimum Gasteiger partial charge on any atom is -0.493 e. The molecule has 1 N–H and O–H groups in total. The van der Waals surface area contributed by atoms with Crippen molar-refractivity contribution in [1.82, 2.24) is 14.9 Å². The van der Waals surface area contributed by atoms with Crippen molar-refractivity contribution in [2.45, 2.75) is 65.8 Å². The molecule has 0 aliphatic carbocycles. The number of unbranched alkanes of at least 4 members (excludes halogenated alkanes) is 3. The maximum Gasteiger partial charge on any atom is 0.246 e. The number of fused-ring (bicyclic) bond motifs is 1. The summed E-state index contributed by atoms with van der Waals surface area (Å²) in [7, 11) is 0. The van der Waals surface area contributed by atoms with Crippen LogP contribution in [0.25, 0.3) is 11.0 Å². The van der Waals surface area contributed by atoms with Gasteiger partial charge in [0.25, 0.3) is 0 Å². The summed E-state index contributed by atoms with van der Waals surface area (Å²) >= 11 is 0. The Bertz CT molecular complexity index is 1080. The van der Waals surface area contributed by atoms with Crippen LogP contribution in [0.1, 0.15) is 56.0 Å². The number of amides is 1. The zero-order valence-electron chi connectivity index (χ0n) is 20.3. The van der Waals surface area contributed by atoms with Gasteiger partial charge < -0.3 is 14.6 Å². The van der Waals surface area contributed by atoms with Crippen molar-refractivity contribution in [1.29, 1.82) is 0 Å². The lowest BCUT2D eigenvalue weighted by Crippen LogP contribution is -2.24. The first kappa shape index (κ1) is 24.6. The standard InChI is InChI=1S/C28H37N3O2/c1-21(2)28(32)29-18-9-5-6-17-27-30-24-14-7-8-15-25(24)31(27)19-10-11-20-33-26-16-12-13-22(3)23(26)4/h7-8,12-16H,1,5-6,9-11,17-20H2,2-4H3,(H,29,32). The number of aromatic nitrogens is 2. The zero-order chi connectivity index (χ0) is 23.6. The van der Waals surface area contributed by atoms with Gasteiger partial charge in [-0.15, -0.1) is 0 Å². The summed E-state index contributed by atoms with van der Waals surface area (Å²) in [5.41, 5.74) is 5.31. The van der Waals surface area contributed by atoms with Gasteiger partial charge in [0.1, 0.15) is 11.6 Å². The van der Waals surface area contributed by atoms with E-state index in [9.17, 15) is 4.79 Å². The highest BCUT2D eigenvalue weighted by Gasteiger charge is 2.10. The summed E-state index contributed by atoms with van der Waals surface area (Å²) < 4.78 is 8.40. The first-order valence-corrected chi connectivity index (χ1v) is 12.0. The molecule has 5 heteroatoms. The Morgan fingerprint density at radius 3 is 2.67 bits per heavy atom. The van der Waals surface area contributed by atoms with Gasteiger partial charge in [0.15, 0.2) is 0 Å². The summed E-state index contributed by atoms with van der Waals surface area (Å²) in [5, 5.41) is 2.90. The second-order valence-corrected chi connectivity index (χ2v) is 8.77. The molecule has 1 aromatic heterocycles. The van der Waals surface area contributed by atoms with Crippen molar-refractivity contribution in [3.8, 4) is 5.75 Å². The Labute approximate surface area is 197 Å². The number of imidazole rings is 1. The van der Waals surface area contributed by atoms with Crippen LogP contribution in [0, 0.1) is 13.8 Å². The molecular weight excluding hydrogens is 410 g/mol. The van der Waals surface area contributed by atoms with E-state index in [-0.39, 0.29) is 5.91 Å². The highest BCUT2D eigenvalue weighted by molar-refractivity contribution is 5.92. The fraction of sp³-hybridized carbons (Fsp3) is 0.429. The Morgan fingerprint density at radius 2 is 1.85 bits per heavy atom. The number of nitrogens with zero attached hydrogens (tertiary/aromatic N) is 2. The van der Waals surface area contributed by atoms with Gasteiger partial charge in [-0.25, -0.2) is 4.98 Å². The Kier molecular flexibility index (Phi) is 9.11. The first-order valence-electron chi connectivity index (χ1n) is 12.0. The van der Waals surface area contributed by atoms with E-state index in [4.69, 9.17) is 9.72 Å². The van der Waals surface area contributed by atoms with Crippen molar-refractivity contribution in [2.24, 2.45) is 0 Å². The van der Waals surface area contributed by atoms with E-state index in [1.807, 2.05) is 12.1 Å². The fourth-order valence-electron chi connectivity index (χ4n) is 3.94. The number of hydrogen-bond donors (Lipinski definition) is 1. The zero-order valence-corrected chi connectivity index (χ0v) is 20.3. The molecule has 0 atom stereocenters. The van der Waals surface area contributed by atoms with E-state index >= 15 is 0 Å². The Morgan fingerprint density at radius 1 is 1.03 bits per heavy atom. The number of carbonyl (C=O) groups is 1. The molecule has 3 rings (SSSR count). The van der Waals surface area contributed by atoms with Crippen molar-refractivity contribution in [3.05, 3.63) is 71.6 Å². The topological polar surface area (TPSA) is 56.2 Å². The SMILES string of the molecule is C=C(C)C(=O)NCCCCCc1nc2ccccc2n1CCCCOc1cccc(C)c1C. The molecule has 5 nitrogen and oxygen atoms in total. The van der Waals surface area contributed by atoms with Crippen LogP contribution in [-0.4, -0.2) is 28.6 Å². The van der Waals surface area contributed by atoms with Gasteiger partial charge in [-0.1, -0.05) is 37.3 Å². The van der Waals surface area contributed by atoms with Crippen molar-refractivity contribution < 1.29 is 9.53 Å². The molecule has 0 saturated carbocycles. The first-order chi connectivity index (χ1) is 16.0. The molecule has 33 heavy (non-hydrogen) atoms. The van der Waals surface area contributed by atoms with Gasteiger partial charge in [0, 0.05) is 25.1 Å². The van der Waals surface area contributed by atoms with E-state index in [2.05, 4.69) is 60.6 Å². The number of benzene rings is 2.